The zero-order valence-electron chi connectivity index (χ0n) is 12.6. The number of hydrogen-bond donors (Lipinski definition) is 1. The molecule has 1 aliphatic rings. The number of aliphatic carboxylic acids is 1. The molecule has 22 heavy (non-hydrogen) atoms. The number of methoxy groups -OCH3 is 2. The van der Waals surface area contributed by atoms with Crippen LogP contribution in [-0.2, 0) is 4.79 Å². The van der Waals surface area contributed by atoms with Gasteiger partial charge in [-0.2, -0.15) is 0 Å². The van der Waals surface area contributed by atoms with Crippen LogP contribution in [0, 0.1) is 17.7 Å². The SMILES string of the molecule is COc1cc(F)c(C(=O)N2C[C@@H](C)[C@H](C(=O)O)C2)cc1OC. The molecule has 120 valence electrons. The molecule has 0 bridgehead atoms. The van der Waals surface area contributed by atoms with Crippen molar-refractivity contribution in [2.75, 3.05) is 27.3 Å². The quantitative estimate of drug-likeness (QED) is 0.915. The van der Waals surface area contributed by atoms with E-state index in [1.165, 1.54) is 25.2 Å². The van der Waals surface area contributed by atoms with Crippen LogP contribution in [-0.4, -0.2) is 49.2 Å². The Labute approximate surface area is 127 Å². The van der Waals surface area contributed by atoms with Gasteiger partial charge in [-0.1, -0.05) is 6.92 Å². The fourth-order valence-corrected chi connectivity index (χ4v) is 2.64. The molecular formula is C15H18FNO5. The number of benzene rings is 1. The van der Waals surface area contributed by atoms with Crippen molar-refractivity contribution in [2.45, 2.75) is 6.92 Å². The van der Waals surface area contributed by atoms with E-state index in [0.717, 1.165) is 6.07 Å². The van der Waals surface area contributed by atoms with Gasteiger partial charge in [0, 0.05) is 19.2 Å². The minimum atomic E-state index is -0.949. The van der Waals surface area contributed by atoms with Crippen LogP contribution >= 0.6 is 0 Å². The molecule has 1 aromatic rings. The van der Waals surface area contributed by atoms with Gasteiger partial charge in [0.1, 0.15) is 5.82 Å². The van der Waals surface area contributed by atoms with Gasteiger partial charge in [0.2, 0.25) is 0 Å². The second-order valence-corrected chi connectivity index (χ2v) is 5.32. The van der Waals surface area contributed by atoms with Crippen molar-refractivity contribution in [3.63, 3.8) is 0 Å². The van der Waals surface area contributed by atoms with Crippen LogP contribution in [0.1, 0.15) is 17.3 Å². The number of carbonyl (C=O) groups is 2. The van der Waals surface area contributed by atoms with Gasteiger partial charge in [-0.15, -0.1) is 0 Å². The molecule has 1 heterocycles. The Morgan fingerprint density at radius 3 is 2.32 bits per heavy atom. The lowest BCUT2D eigenvalue weighted by atomic mass is 9.99. The maximum absolute atomic E-state index is 14.1. The molecule has 1 saturated heterocycles. The van der Waals surface area contributed by atoms with Gasteiger partial charge < -0.3 is 19.5 Å². The highest BCUT2D eigenvalue weighted by Crippen LogP contribution is 2.32. The molecule has 6 nitrogen and oxygen atoms in total. The number of carbonyl (C=O) groups excluding carboxylic acids is 1. The molecule has 0 aliphatic carbocycles. The third-order valence-electron chi connectivity index (χ3n) is 3.92. The number of amides is 1. The van der Waals surface area contributed by atoms with E-state index < -0.39 is 23.6 Å². The molecule has 0 saturated carbocycles. The molecule has 1 aromatic carbocycles. The van der Waals surface area contributed by atoms with Crippen LogP contribution in [0.4, 0.5) is 4.39 Å². The number of nitrogens with zero attached hydrogens (tertiary/aromatic N) is 1. The molecule has 1 fully saturated rings. The predicted octanol–water partition coefficient (Wildman–Crippen LogP) is 1.64. The smallest absolute Gasteiger partial charge is 0.308 e. The Bertz CT molecular complexity index is 604. The van der Waals surface area contributed by atoms with E-state index in [1.807, 2.05) is 0 Å². The summed E-state index contributed by atoms with van der Waals surface area (Å²) in [5, 5.41) is 9.11. The van der Waals surface area contributed by atoms with Crippen molar-refractivity contribution < 1.29 is 28.6 Å². The lowest BCUT2D eigenvalue weighted by molar-refractivity contribution is -0.142. The fraction of sp³-hybridized carbons (Fsp3) is 0.467. The second kappa shape index (κ2) is 6.21. The Morgan fingerprint density at radius 1 is 1.23 bits per heavy atom. The lowest BCUT2D eigenvalue weighted by Crippen LogP contribution is -2.30. The second-order valence-electron chi connectivity index (χ2n) is 5.32. The molecule has 0 radical (unpaired) electrons. The van der Waals surface area contributed by atoms with E-state index >= 15 is 0 Å². The normalized spacial score (nSPS) is 20.8. The van der Waals surface area contributed by atoms with Crippen LogP contribution in [0.2, 0.25) is 0 Å². The minimum Gasteiger partial charge on any atom is -0.493 e. The van der Waals surface area contributed by atoms with Crippen molar-refractivity contribution in [3.05, 3.63) is 23.5 Å². The first kappa shape index (κ1) is 16.1. The van der Waals surface area contributed by atoms with Crippen LogP contribution < -0.4 is 9.47 Å². The zero-order valence-corrected chi connectivity index (χ0v) is 12.6. The van der Waals surface area contributed by atoms with Crippen molar-refractivity contribution in [3.8, 4) is 11.5 Å². The van der Waals surface area contributed by atoms with Crippen molar-refractivity contribution in [2.24, 2.45) is 11.8 Å². The highest BCUT2D eigenvalue weighted by Gasteiger charge is 2.38. The lowest BCUT2D eigenvalue weighted by Gasteiger charge is -2.17. The maximum atomic E-state index is 14.1. The van der Waals surface area contributed by atoms with Gasteiger partial charge in [-0.25, -0.2) is 4.39 Å². The highest BCUT2D eigenvalue weighted by molar-refractivity contribution is 5.95. The summed E-state index contributed by atoms with van der Waals surface area (Å²) in [5.74, 6) is -2.60. The van der Waals surface area contributed by atoms with Gasteiger partial charge in [0.05, 0.1) is 25.7 Å². The molecule has 2 rings (SSSR count). The van der Waals surface area contributed by atoms with Crippen LogP contribution in [0.25, 0.3) is 0 Å². The first-order valence-electron chi connectivity index (χ1n) is 6.82. The third-order valence-corrected chi connectivity index (χ3v) is 3.92. The molecule has 0 aromatic heterocycles. The topological polar surface area (TPSA) is 76.1 Å². The van der Waals surface area contributed by atoms with E-state index in [9.17, 15) is 14.0 Å². The van der Waals surface area contributed by atoms with Gasteiger partial charge >= 0.3 is 5.97 Å². The monoisotopic (exact) mass is 311 g/mol. The Hall–Kier alpha value is -2.31. The summed E-state index contributed by atoms with van der Waals surface area (Å²) in [6, 6.07) is 2.36. The number of carboxylic acids is 1. The summed E-state index contributed by atoms with van der Waals surface area (Å²) in [6.45, 7) is 2.11. The number of carboxylic acid groups (broad SMARTS) is 1. The number of likely N-dealkylation sites (tertiary alicyclic amines) is 1. The van der Waals surface area contributed by atoms with Gasteiger partial charge in [-0.05, 0) is 12.0 Å². The van der Waals surface area contributed by atoms with Crippen molar-refractivity contribution in [1.82, 2.24) is 4.90 Å². The summed E-state index contributed by atoms with van der Waals surface area (Å²) < 4.78 is 24.2. The summed E-state index contributed by atoms with van der Waals surface area (Å²) >= 11 is 0. The fourth-order valence-electron chi connectivity index (χ4n) is 2.64. The molecular weight excluding hydrogens is 293 g/mol. The van der Waals surface area contributed by atoms with E-state index in [4.69, 9.17) is 14.6 Å². The van der Waals surface area contributed by atoms with Gasteiger partial charge in [0.25, 0.3) is 5.91 Å². The van der Waals surface area contributed by atoms with E-state index in [0.29, 0.717) is 0 Å². The van der Waals surface area contributed by atoms with Crippen LogP contribution in [0.3, 0.4) is 0 Å². The number of halogens is 1. The van der Waals surface area contributed by atoms with Crippen LogP contribution in [0.15, 0.2) is 12.1 Å². The van der Waals surface area contributed by atoms with Crippen LogP contribution in [0.5, 0.6) is 11.5 Å². The zero-order chi connectivity index (χ0) is 16.4. The maximum Gasteiger partial charge on any atom is 0.308 e. The molecule has 0 unspecified atom stereocenters. The van der Waals surface area contributed by atoms with Crippen molar-refractivity contribution >= 4 is 11.9 Å². The first-order valence-corrected chi connectivity index (χ1v) is 6.82. The Morgan fingerprint density at radius 2 is 1.82 bits per heavy atom. The number of hydrogen-bond acceptors (Lipinski definition) is 4. The summed E-state index contributed by atoms with van der Waals surface area (Å²) in [7, 11) is 2.76. The summed E-state index contributed by atoms with van der Waals surface area (Å²) in [5.41, 5.74) is -0.157. The van der Waals surface area contributed by atoms with Gasteiger partial charge in [0.15, 0.2) is 11.5 Å². The average molecular weight is 311 g/mol. The van der Waals surface area contributed by atoms with E-state index in [-0.39, 0.29) is 36.1 Å². The summed E-state index contributed by atoms with van der Waals surface area (Å²) in [4.78, 5) is 24.9. The first-order chi connectivity index (χ1) is 10.4. The molecule has 1 aliphatic heterocycles. The molecule has 2 atom stereocenters. The highest BCUT2D eigenvalue weighted by atomic mass is 19.1. The number of ether oxygens (including phenoxy) is 2. The van der Waals surface area contributed by atoms with Gasteiger partial charge in [-0.3, -0.25) is 9.59 Å². The van der Waals surface area contributed by atoms with E-state index in [2.05, 4.69) is 0 Å². The molecule has 7 heteroatoms. The molecule has 0 spiro atoms. The Kier molecular flexibility index (Phi) is 4.54. The average Bonchev–Trinajstić information content (AvgIpc) is 2.88. The minimum absolute atomic E-state index is 0.0725. The predicted molar refractivity (Wildman–Crippen MR) is 75.7 cm³/mol. The standard InChI is InChI=1S/C15H18FNO5/c1-8-6-17(7-10(8)15(19)20)14(18)9-4-12(21-2)13(22-3)5-11(9)16/h4-5,8,10H,6-7H2,1-3H3,(H,19,20)/t8-,10-/m1/s1. The Balaban J connectivity index is 2.29. The molecule has 1 amide bonds. The summed E-state index contributed by atoms with van der Waals surface area (Å²) in [6.07, 6.45) is 0. The van der Waals surface area contributed by atoms with E-state index in [1.54, 1.807) is 6.92 Å². The van der Waals surface area contributed by atoms with Crippen molar-refractivity contribution in [1.29, 1.82) is 0 Å². The number of rotatable bonds is 4. The third kappa shape index (κ3) is 2.84. The largest absolute Gasteiger partial charge is 0.493 e. The molecule has 1 N–H and O–H groups in total.